The van der Waals surface area contributed by atoms with Crippen LogP contribution in [0.15, 0.2) is 5.10 Å². The second-order valence-corrected chi connectivity index (χ2v) is 5.39. The van der Waals surface area contributed by atoms with Gasteiger partial charge in [-0.05, 0) is 40.3 Å². The maximum absolute atomic E-state index is 5.44. The molecular formula is C11H25N5. The molecule has 1 saturated heterocycles. The van der Waals surface area contributed by atoms with Gasteiger partial charge in [0.25, 0.3) is 0 Å². The van der Waals surface area contributed by atoms with E-state index in [2.05, 4.69) is 48.5 Å². The van der Waals surface area contributed by atoms with Gasteiger partial charge in [-0.3, -0.25) is 0 Å². The Morgan fingerprint density at radius 3 is 2.62 bits per heavy atom. The SMILES string of the molecule is CCN1CC[C@@H](/C(=N/N)NNC(C)(C)C)C1. The molecule has 0 bridgehead atoms. The predicted molar refractivity (Wildman–Crippen MR) is 67.9 cm³/mol. The highest BCUT2D eigenvalue weighted by Crippen LogP contribution is 2.16. The van der Waals surface area contributed by atoms with Crippen LogP contribution in [0.25, 0.3) is 0 Å². The number of nitrogens with zero attached hydrogens (tertiary/aromatic N) is 2. The monoisotopic (exact) mass is 227 g/mol. The number of nitrogens with two attached hydrogens (primary N) is 1. The minimum absolute atomic E-state index is 0.0129. The zero-order valence-corrected chi connectivity index (χ0v) is 10.9. The summed E-state index contributed by atoms with van der Waals surface area (Å²) in [4.78, 5) is 2.41. The Balaban J connectivity index is 2.44. The van der Waals surface area contributed by atoms with Gasteiger partial charge < -0.3 is 16.2 Å². The number of hydrogen-bond acceptors (Lipinski definition) is 4. The van der Waals surface area contributed by atoms with Crippen molar-refractivity contribution < 1.29 is 0 Å². The third-order valence-corrected chi connectivity index (χ3v) is 2.81. The van der Waals surface area contributed by atoms with E-state index in [-0.39, 0.29) is 5.54 Å². The van der Waals surface area contributed by atoms with E-state index in [0.29, 0.717) is 5.92 Å². The van der Waals surface area contributed by atoms with Crippen LogP contribution >= 0.6 is 0 Å². The fraction of sp³-hybridized carbons (Fsp3) is 0.909. The lowest BCUT2D eigenvalue weighted by atomic mass is 10.1. The first-order valence-electron chi connectivity index (χ1n) is 5.99. The van der Waals surface area contributed by atoms with Crippen molar-refractivity contribution in [3.05, 3.63) is 0 Å². The number of hydrazone groups is 1. The van der Waals surface area contributed by atoms with Crippen molar-refractivity contribution in [1.82, 2.24) is 15.8 Å². The Labute approximate surface area is 98.4 Å². The highest BCUT2D eigenvalue weighted by atomic mass is 15.4. The molecule has 0 aromatic rings. The Kier molecular flexibility index (Phi) is 4.56. The number of nitrogens with one attached hydrogen (secondary N) is 2. The van der Waals surface area contributed by atoms with Gasteiger partial charge >= 0.3 is 0 Å². The first kappa shape index (κ1) is 13.3. The zero-order chi connectivity index (χ0) is 12.2. The van der Waals surface area contributed by atoms with Gasteiger partial charge in [-0.2, -0.15) is 5.10 Å². The van der Waals surface area contributed by atoms with Crippen LogP contribution in [0, 0.1) is 5.92 Å². The molecule has 1 rings (SSSR count). The third kappa shape index (κ3) is 3.98. The molecule has 0 unspecified atom stereocenters. The van der Waals surface area contributed by atoms with Gasteiger partial charge in [0.1, 0.15) is 5.84 Å². The van der Waals surface area contributed by atoms with Crippen molar-refractivity contribution in [2.24, 2.45) is 16.9 Å². The highest BCUT2D eigenvalue weighted by Gasteiger charge is 2.26. The van der Waals surface area contributed by atoms with Crippen molar-refractivity contribution >= 4 is 5.84 Å². The van der Waals surface area contributed by atoms with Gasteiger partial charge in [-0.25, -0.2) is 5.43 Å². The molecule has 0 amide bonds. The Hall–Kier alpha value is -0.810. The van der Waals surface area contributed by atoms with Gasteiger partial charge in [0.2, 0.25) is 0 Å². The minimum Gasteiger partial charge on any atom is -0.322 e. The van der Waals surface area contributed by atoms with Crippen LogP contribution in [0.3, 0.4) is 0 Å². The van der Waals surface area contributed by atoms with Crippen LogP contribution in [0.5, 0.6) is 0 Å². The Bertz CT molecular complexity index is 243. The lowest BCUT2D eigenvalue weighted by molar-refractivity contribution is 0.350. The molecule has 1 aliphatic rings. The summed E-state index contributed by atoms with van der Waals surface area (Å²) in [6, 6.07) is 0. The second-order valence-electron chi connectivity index (χ2n) is 5.39. The molecule has 0 aliphatic carbocycles. The topological polar surface area (TPSA) is 65.7 Å². The van der Waals surface area contributed by atoms with E-state index in [4.69, 9.17) is 5.84 Å². The molecule has 0 radical (unpaired) electrons. The van der Waals surface area contributed by atoms with E-state index in [9.17, 15) is 0 Å². The van der Waals surface area contributed by atoms with E-state index in [1.807, 2.05) is 0 Å². The minimum atomic E-state index is 0.0129. The van der Waals surface area contributed by atoms with E-state index in [1.54, 1.807) is 0 Å². The molecule has 0 aromatic heterocycles. The molecule has 94 valence electrons. The molecule has 1 atom stereocenters. The molecular weight excluding hydrogens is 202 g/mol. The van der Waals surface area contributed by atoms with E-state index in [1.165, 1.54) is 0 Å². The van der Waals surface area contributed by atoms with Crippen molar-refractivity contribution in [3.63, 3.8) is 0 Å². The second kappa shape index (κ2) is 5.50. The van der Waals surface area contributed by atoms with Crippen LogP contribution in [-0.4, -0.2) is 35.9 Å². The van der Waals surface area contributed by atoms with Crippen molar-refractivity contribution in [3.8, 4) is 0 Å². The third-order valence-electron chi connectivity index (χ3n) is 2.81. The van der Waals surface area contributed by atoms with Crippen molar-refractivity contribution in [1.29, 1.82) is 0 Å². The molecule has 1 heterocycles. The fourth-order valence-electron chi connectivity index (χ4n) is 1.83. The summed E-state index contributed by atoms with van der Waals surface area (Å²) < 4.78 is 0. The van der Waals surface area contributed by atoms with Gasteiger partial charge in [0.15, 0.2) is 0 Å². The molecule has 1 aliphatic heterocycles. The van der Waals surface area contributed by atoms with Crippen LogP contribution in [0.4, 0.5) is 0 Å². The molecule has 0 aromatic carbocycles. The molecule has 16 heavy (non-hydrogen) atoms. The number of hydrogen-bond donors (Lipinski definition) is 3. The molecule has 0 spiro atoms. The first-order chi connectivity index (χ1) is 7.46. The smallest absolute Gasteiger partial charge is 0.140 e. The average molecular weight is 227 g/mol. The van der Waals surface area contributed by atoms with E-state index < -0.39 is 0 Å². The molecule has 0 saturated carbocycles. The summed E-state index contributed by atoms with van der Waals surface area (Å²) in [5, 5.41) is 3.86. The maximum Gasteiger partial charge on any atom is 0.140 e. The maximum atomic E-state index is 5.44. The van der Waals surface area contributed by atoms with Crippen LogP contribution in [-0.2, 0) is 0 Å². The summed E-state index contributed by atoms with van der Waals surface area (Å²) in [5.41, 5.74) is 6.36. The van der Waals surface area contributed by atoms with E-state index in [0.717, 1.165) is 31.9 Å². The largest absolute Gasteiger partial charge is 0.322 e. The summed E-state index contributed by atoms with van der Waals surface area (Å²) in [6.07, 6.45) is 1.13. The fourth-order valence-corrected chi connectivity index (χ4v) is 1.83. The lowest BCUT2D eigenvalue weighted by Gasteiger charge is -2.24. The number of rotatable bonds is 3. The Morgan fingerprint density at radius 1 is 1.50 bits per heavy atom. The standard InChI is InChI=1S/C11H25N5/c1-5-16-7-6-9(8-16)10(13-12)14-15-11(2,3)4/h9,15H,5-8,12H2,1-4H3,(H,13,14)/t9-/m1/s1. The summed E-state index contributed by atoms with van der Waals surface area (Å²) in [7, 11) is 0. The van der Waals surface area contributed by atoms with Crippen LogP contribution < -0.4 is 16.7 Å². The summed E-state index contributed by atoms with van der Waals surface area (Å²) in [6.45, 7) is 11.8. The van der Waals surface area contributed by atoms with Gasteiger partial charge in [-0.15, -0.1) is 0 Å². The van der Waals surface area contributed by atoms with E-state index >= 15 is 0 Å². The number of hydrazine groups is 1. The number of likely N-dealkylation sites (tertiary alicyclic amines) is 1. The van der Waals surface area contributed by atoms with Gasteiger partial charge in [0.05, 0.1) is 0 Å². The average Bonchev–Trinajstić information content (AvgIpc) is 2.65. The molecule has 1 fully saturated rings. The predicted octanol–water partition coefficient (Wildman–Crippen LogP) is 0.493. The molecule has 5 nitrogen and oxygen atoms in total. The van der Waals surface area contributed by atoms with Crippen molar-refractivity contribution in [2.45, 2.75) is 39.7 Å². The quantitative estimate of drug-likeness (QED) is 0.284. The Morgan fingerprint density at radius 2 is 2.19 bits per heavy atom. The molecule has 4 N–H and O–H groups in total. The number of amidine groups is 1. The first-order valence-corrected chi connectivity index (χ1v) is 5.99. The summed E-state index contributed by atoms with van der Waals surface area (Å²) >= 11 is 0. The van der Waals surface area contributed by atoms with Crippen LogP contribution in [0.2, 0.25) is 0 Å². The lowest BCUT2D eigenvalue weighted by Crippen LogP contribution is -2.51. The van der Waals surface area contributed by atoms with Crippen LogP contribution in [0.1, 0.15) is 34.1 Å². The van der Waals surface area contributed by atoms with Gasteiger partial charge in [-0.1, -0.05) is 6.92 Å². The normalized spacial score (nSPS) is 23.8. The highest BCUT2D eigenvalue weighted by molar-refractivity contribution is 5.84. The molecule has 5 heteroatoms. The van der Waals surface area contributed by atoms with Crippen molar-refractivity contribution in [2.75, 3.05) is 19.6 Å². The van der Waals surface area contributed by atoms with Gasteiger partial charge in [0, 0.05) is 18.0 Å². The summed E-state index contributed by atoms with van der Waals surface area (Å²) in [5.74, 6) is 6.73. The zero-order valence-electron chi connectivity index (χ0n) is 10.9.